The average molecular weight is 509 g/mol. The molecule has 1 amide bonds. The lowest BCUT2D eigenvalue weighted by Crippen LogP contribution is -2.56. The number of H-pyrrole nitrogens is 1. The van der Waals surface area contributed by atoms with Gasteiger partial charge in [-0.25, -0.2) is 4.98 Å². The number of piperidine rings is 1. The Kier molecular flexibility index (Phi) is 6.52. The molecule has 0 unspecified atom stereocenters. The lowest BCUT2D eigenvalue weighted by Gasteiger charge is -2.51. The number of carbonyl (C=O) groups is 1. The van der Waals surface area contributed by atoms with Gasteiger partial charge < -0.3 is 19.7 Å². The number of hydrogen-bond acceptors (Lipinski definition) is 6. The highest BCUT2D eigenvalue weighted by Gasteiger charge is 2.49. The number of benzene rings is 1. The summed E-state index contributed by atoms with van der Waals surface area (Å²) in [6.45, 7) is 3.44. The summed E-state index contributed by atoms with van der Waals surface area (Å²) in [6.07, 6.45) is 9.26. The van der Waals surface area contributed by atoms with Crippen LogP contribution in [0.2, 0.25) is 0 Å². The highest BCUT2D eigenvalue weighted by molar-refractivity contribution is 7.09. The minimum Gasteiger partial charge on any atom is -0.497 e. The Balaban J connectivity index is 1.38. The topological polar surface area (TPSA) is 81.7 Å². The van der Waals surface area contributed by atoms with E-state index in [2.05, 4.69) is 20.9 Å². The standard InChI is InChI=1S/C28H36N4O3S/c1-35-20-7-8-21-22(15-20)30-26-23(17-33)32(27(34)19-5-3-2-4-6-19)18-28(25(21)26)9-12-31(13-10-28)16-24-29-11-14-36-24/h7-8,11,14-15,19,23,30,33H,2-6,9-10,12-13,16-18H2,1H3/t23-/m1/s1. The molecule has 0 bridgehead atoms. The number of aromatic nitrogens is 2. The van der Waals surface area contributed by atoms with Crippen molar-refractivity contribution in [2.45, 2.75) is 62.9 Å². The van der Waals surface area contributed by atoms with Crippen molar-refractivity contribution in [3.8, 4) is 5.75 Å². The molecule has 8 heteroatoms. The van der Waals surface area contributed by atoms with Crippen LogP contribution in [0.15, 0.2) is 29.8 Å². The van der Waals surface area contributed by atoms with Gasteiger partial charge in [0, 0.05) is 52.1 Å². The number of aromatic amines is 1. The number of likely N-dealkylation sites (tertiary alicyclic amines) is 1. The Hall–Kier alpha value is -2.42. The number of amides is 1. The fourth-order valence-corrected chi connectivity index (χ4v) is 7.55. The van der Waals surface area contributed by atoms with Gasteiger partial charge in [0.2, 0.25) is 5.91 Å². The van der Waals surface area contributed by atoms with Gasteiger partial charge in [0.25, 0.3) is 0 Å². The number of carbonyl (C=O) groups excluding carboxylic acids is 1. The van der Waals surface area contributed by atoms with Crippen molar-refractivity contribution in [3.05, 3.63) is 46.0 Å². The number of ether oxygens (including phenoxy) is 1. The SMILES string of the molecule is COc1ccc2c3c([nH]c2c1)[C@@H](CO)N(C(=O)C1CCCCC1)CC31CCN(Cc2nccs2)CC1. The number of hydrogen-bond donors (Lipinski definition) is 2. The average Bonchev–Trinajstić information content (AvgIpc) is 3.58. The summed E-state index contributed by atoms with van der Waals surface area (Å²) in [5.74, 6) is 1.13. The fraction of sp³-hybridized carbons (Fsp3) is 0.571. The summed E-state index contributed by atoms with van der Waals surface area (Å²) in [6, 6.07) is 5.89. The van der Waals surface area contributed by atoms with Crippen LogP contribution in [0.3, 0.4) is 0 Å². The van der Waals surface area contributed by atoms with Gasteiger partial charge in [0.05, 0.1) is 26.3 Å². The maximum atomic E-state index is 13.9. The zero-order valence-corrected chi connectivity index (χ0v) is 21.9. The molecule has 192 valence electrons. The van der Waals surface area contributed by atoms with Crippen LogP contribution >= 0.6 is 11.3 Å². The summed E-state index contributed by atoms with van der Waals surface area (Å²) in [4.78, 5) is 26.6. The molecule has 1 spiro atoms. The maximum Gasteiger partial charge on any atom is 0.226 e. The summed E-state index contributed by atoms with van der Waals surface area (Å²) in [7, 11) is 1.69. The number of nitrogens with one attached hydrogen (secondary N) is 1. The Morgan fingerprint density at radius 1 is 1.25 bits per heavy atom. The fourth-order valence-electron chi connectivity index (χ4n) is 6.89. The monoisotopic (exact) mass is 508 g/mol. The van der Waals surface area contributed by atoms with E-state index in [1.807, 2.05) is 28.6 Å². The van der Waals surface area contributed by atoms with Crippen LogP contribution in [0.25, 0.3) is 10.9 Å². The highest BCUT2D eigenvalue weighted by Crippen LogP contribution is 2.50. The molecule has 2 N–H and O–H groups in total. The quantitative estimate of drug-likeness (QED) is 0.526. The number of rotatable bonds is 5. The molecule has 1 aromatic carbocycles. The van der Waals surface area contributed by atoms with E-state index in [9.17, 15) is 9.90 Å². The molecular formula is C28H36N4O3S. The molecular weight excluding hydrogens is 472 g/mol. The molecule has 7 nitrogen and oxygen atoms in total. The Bertz CT molecular complexity index is 1210. The summed E-state index contributed by atoms with van der Waals surface area (Å²) >= 11 is 1.71. The number of aliphatic hydroxyl groups is 1. The van der Waals surface area contributed by atoms with Gasteiger partial charge in [-0.2, -0.15) is 0 Å². The summed E-state index contributed by atoms with van der Waals surface area (Å²) in [5.41, 5.74) is 3.22. The van der Waals surface area contributed by atoms with Crippen molar-refractivity contribution in [2.75, 3.05) is 33.4 Å². The zero-order valence-electron chi connectivity index (χ0n) is 21.0. The third kappa shape index (κ3) is 4.13. The third-order valence-electron chi connectivity index (χ3n) is 8.81. The molecule has 3 aromatic rings. The smallest absolute Gasteiger partial charge is 0.226 e. The van der Waals surface area contributed by atoms with Crippen molar-refractivity contribution in [1.29, 1.82) is 0 Å². The second-order valence-corrected chi connectivity index (χ2v) is 11.8. The van der Waals surface area contributed by atoms with Gasteiger partial charge in [0.15, 0.2) is 0 Å². The van der Waals surface area contributed by atoms with E-state index in [-0.39, 0.29) is 29.9 Å². The first-order valence-electron chi connectivity index (χ1n) is 13.3. The van der Waals surface area contributed by atoms with Crippen molar-refractivity contribution in [3.63, 3.8) is 0 Å². The largest absolute Gasteiger partial charge is 0.497 e. The van der Waals surface area contributed by atoms with E-state index >= 15 is 0 Å². The lowest BCUT2D eigenvalue weighted by molar-refractivity contribution is -0.143. The molecule has 0 radical (unpaired) electrons. The van der Waals surface area contributed by atoms with Crippen LogP contribution in [0, 0.1) is 5.92 Å². The minimum absolute atomic E-state index is 0.0678. The summed E-state index contributed by atoms with van der Waals surface area (Å²) in [5, 5.41) is 15.0. The Morgan fingerprint density at radius 2 is 2.06 bits per heavy atom. The van der Waals surface area contributed by atoms with Gasteiger partial charge in [-0.3, -0.25) is 9.69 Å². The molecule has 1 saturated carbocycles. The minimum atomic E-state index is -0.327. The Morgan fingerprint density at radius 3 is 2.75 bits per heavy atom. The molecule has 6 rings (SSSR count). The predicted molar refractivity (Wildman–Crippen MR) is 141 cm³/mol. The van der Waals surface area contributed by atoms with Gasteiger partial charge in [0.1, 0.15) is 10.8 Å². The van der Waals surface area contributed by atoms with Crippen molar-refractivity contribution in [1.82, 2.24) is 19.8 Å². The van der Waals surface area contributed by atoms with Gasteiger partial charge in [-0.15, -0.1) is 11.3 Å². The molecule has 2 aromatic heterocycles. The van der Waals surface area contributed by atoms with Crippen molar-refractivity contribution in [2.24, 2.45) is 5.92 Å². The number of fused-ring (bicyclic) bond motifs is 4. The van der Waals surface area contributed by atoms with Crippen LogP contribution in [0.5, 0.6) is 5.75 Å². The number of nitrogens with zero attached hydrogens (tertiary/aromatic N) is 3. The second kappa shape index (κ2) is 9.80. The maximum absolute atomic E-state index is 13.9. The van der Waals surface area contributed by atoms with Crippen LogP contribution in [-0.2, 0) is 16.8 Å². The first-order chi connectivity index (χ1) is 17.6. The molecule has 3 aliphatic rings. The van der Waals surface area contributed by atoms with Gasteiger partial charge in [-0.05, 0) is 56.5 Å². The van der Waals surface area contributed by atoms with Crippen LogP contribution in [-0.4, -0.2) is 64.1 Å². The van der Waals surface area contributed by atoms with E-state index in [1.54, 1.807) is 18.4 Å². The van der Waals surface area contributed by atoms with E-state index in [1.165, 1.54) is 17.4 Å². The van der Waals surface area contributed by atoms with E-state index in [0.29, 0.717) is 6.54 Å². The first-order valence-corrected chi connectivity index (χ1v) is 14.2. The molecule has 2 aliphatic heterocycles. The zero-order chi connectivity index (χ0) is 24.7. The molecule has 1 aliphatic carbocycles. The summed E-state index contributed by atoms with van der Waals surface area (Å²) < 4.78 is 5.50. The van der Waals surface area contributed by atoms with E-state index in [4.69, 9.17) is 4.74 Å². The Labute approximate surface area is 216 Å². The van der Waals surface area contributed by atoms with Crippen molar-refractivity contribution < 1.29 is 14.6 Å². The molecule has 4 heterocycles. The number of aliphatic hydroxyl groups excluding tert-OH is 1. The van der Waals surface area contributed by atoms with Gasteiger partial charge in [-0.1, -0.05) is 19.3 Å². The molecule has 1 atom stereocenters. The van der Waals surface area contributed by atoms with Crippen LogP contribution in [0.4, 0.5) is 0 Å². The van der Waals surface area contributed by atoms with Crippen molar-refractivity contribution >= 4 is 28.1 Å². The molecule has 36 heavy (non-hydrogen) atoms. The molecule has 2 fully saturated rings. The number of thiazole rings is 1. The third-order valence-corrected chi connectivity index (χ3v) is 9.58. The normalized spacial score (nSPS) is 22.7. The van der Waals surface area contributed by atoms with E-state index in [0.717, 1.165) is 80.1 Å². The van der Waals surface area contributed by atoms with Crippen LogP contribution in [0.1, 0.15) is 67.3 Å². The lowest BCUT2D eigenvalue weighted by atomic mass is 9.68. The predicted octanol–water partition coefficient (Wildman–Crippen LogP) is 4.62. The van der Waals surface area contributed by atoms with Crippen LogP contribution < -0.4 is 4.74 Å². The van der Waals surface area contributed by atoms with E-state index < -0.39 is 0 Å². The van der Waals surface area contributed by atoms with Gasteiger partial charge >= 0.3 is 0 Å². The number of methoxy groups -OCH3 is 1. The highest BCUT2D eigenvalue weighted by atomic mass is 32.1. The molecule has 1 saturated heterocycles. The first kappa shape index (κ1) is 23.9. The second-order valence-electron chi connectivity index (χ2n) is 10.8.